The summed E-state index contributed by atoms with van der Waals surface area (Å²) in [6.45, 7) is 0.667. The van der Waals surface area contributed by atoms with E-state index in [0.717, 1.165) is 18.6 Å². The second-order valence-corrected chi connectivity index (χ2v) is 4.93. The topological polar surface area (TPSA) is 38.3 Å². The summed E-state index contributed by atoms with van der Waals surface area (Å²) in [5.41, 5.74) is 2.39. The SMILES string of the molecule is COc1ccc(CCNC(=O)CCc2ccccc2)cc1. The van der Waals surface area contributed by atoms with Crippen molar-refractivity contribution in [2.45, 2.75) is 19.3 Å². The van der Waals surface area contributed by atoms with Crippen LogP contribution in [0.1, 0.15) is 17.5 Å². The molecule has 1 N–H and O–H groups in total. The lowest BCUT2D eigenvalue weighted by Crippen LogP contribution is -2.25. The maximum absolute atomic E-state index is 11.8. The van der Waals surface area contributed by atoms with Crippen molar-refractivity contribution in [2.24, 2.45) is 0 Å². The van der Waals surface area contributed by atoms with Crippen molar-refractivity contribution in [3.05, 3.63) is 65.7 Å². The summed E-state index contributed by atoms with van der Waals surface area (Å²) >= 11 is 0. The molecule has 0 radical (unpaired) electrons. The second kappa shape index (κ2) is 8.10. The lowest BCUT2D eigenvalue weighted by Gasteiger charge is -2.06. The van der Waals surface area contributed by atoms with Gasteiger partial charge in [0.05, 0.1) is 7.11 Å². The minimum absolute atomic E-state index is 0.104. The van der Waals surface area contributed by atoms with Gasteiger partial charge in [-0.15, -0.1) is 0 Å². The number of carbonyl (C=O) groups is 1. The molecule has 0 aliphatic rings. The zero-order valence-corrected chi connectivity index (χ0v) is 12.3. The van der Waals surface area contributed by atoms with Gasteiger partial charge in [-0.05, 0) is 36.1 Å². The first-order valence-corrected chi connectivity index (χ1v) is 7.21. The minimum atomic E-state index is 0.104. The van der Waals surface area contributed by atoms with Crippen LogP contribution in [-0.2, 0) is 17.6 Å². The maximum Gasteiger partial charge on any atom is 0.220 e. The maximum atomic E-state index is 11.8. The number of aryl methyl sites for hydroxylation is 1. The molecule has 0 heterocycles. The molecular weight excluding hydrogens is 262 g/mol. The monoisotopic (exact) mass is 283 g/mol. The van der Waals surface area contributed by atoms with E-state index in [9.17, 15) is 4.79 Å². The molecule has 0 fully saturated rings. The Hall–Kier alpha value is -2.29. The zero-order valence-electron chi connectivity index (χ0n) is 12.3. The zero-order chi connectivity index (χ0) is 14.9. The number of nitrogens with one attached hydrogen (secondary N) is 1. The van der Waals surface area contributed by atoms with E-state index in [1.54, 1.807) is 7.11 Å². The average molecular weight is 283 g/mol. The number of hydrogen-bond acceptors (Lipinski definition) is 2. The Morgan fingerprint density at radius 2 is 1.62 bits per heavy atom. The first-order chi connectivity index (χ1) is 10.3. The van der Waals surface area contributed by atoms with E-state index in [1.165, 1.54) is 11.1 Å². The van der Waals surface area contributed by atoms with Gasteiger partial charge in [0.1, 0.15) is 5.75 Å². The number of hydrogen-bond donors (Lipinski definition) is 1. The second-order valence-electron chi connectivity index (χ2n) is 4.93. The van der Waals surface area contributed by atoms with Crippen LogP contribution >= 0.6 is 0 Å². The van der Waals surface area contributed by atoms with E-state index in [4.69, 9.17) is 4.74 Å². The molecule has 2 aromatic rings. The quantitative estimate of drug-likeness (QED) is 0.848. The Bertz CT molecular complexity index is 549. The first kappa shape index (κ1) is 15.1. The summed E-state index contributed by atoms with van der Waals surface area (Å²) in [5, 5.41) is 2.96. The largest absolute Gasteiger partial charge is 0.497 e. The number of benzene rings is 2. The van der Waals surface area contributed by atoms with Gasteiger partial charge in [-0.25, -0.2) is 0 Å². The van der Waals surface area contributed by atoms with E-state index < -0.39 is 0 Å². The molecule has 110 valence electrons. The van der Waals surface area contributed by atoms with Crippen molar-refractivity contribution >= 4 is 5.91 Å². The predicted octanol–water partition coefficient (Wildman–Crippen LogP) is 2.99. The fourth-order valence-electron chi connectivity index (χ4n) is 2.13. The van der Waals surface area contributed by atoms with Crippen molar-refractivity contribution in [1.82, 2.24) is 5.32 Å². The normalized spacial score (nSPS) is 10.1. The van der Waals surface area contributed by atoms with Gasteiger partial charge in [-0.1, -0.05) is 42.5 Å². The molecule has 0 unspecified atom stereocenters. The number of rotatable bonds is 7. The van der Waals surface area contributed by atoms with Crippen LogP contribution in [0.3, 0.4) is 0 Å². The third-order valence-electron chi connectivity index (χ3n) is 3.38. The molecule has 0 saturated heterocycles. The predicted molar refractivity (Wildman–Crippen MR) is 84.5 cm³/mol. The average Bonchev–Trinajstić information content (AvgIpc) is 2.54. The van der Waals surface area contributed by atoms with E-state index in [2.05, 4.69) is 5.32 Å². The van der Waals surface area contributed by atoms with Gasteiger partial charge in [0, 0.05) is 13.0 Å². The van der Waals surface area contributed by atoms with Crippen LogP contribution in [0.5, 0.6) is 5.75 Å². The molecule has 3 heteroatoms. The van der Waals surface area contributed by atoms with Gasteiger partial charge in [0.2, 0.25) is 5.91 Å². The van der Waals surface area contributed by atoms with Crippen molar-refractivity contribution in [3.63, 3.8) is 0 Å². The van der Waals surface area contributed by atoms with Crippen molar-refractivity contribution < 1.29 is 9.53 Å². The molecule has 0 saturated carbocycles. The molecule has 2 rings (SSSR count). The Balaban J connectivity index is 1.66. The fourth-order valence-corrected chi connectivity index (χ4v) is 2.13. The highest BCUT2D eigenvalue weighted by atomic mass is 16.5. The summed E-state index contributed by atoms with van der Waals surface area (Å²) in [5.74, 6) is 0.956. The molecule has 2 aromatic carbocycles. The van der Waals surface area contributed by atoms with E-state index in [-0.39, 0.29) is 5.91 Å². The number of carbonyl (C=O) groups excluding carboxylic acids is 1. The summed E-state index contributed by atoms with van der Waals surface area (Å²) in [6.07, 6.45) is 2.16. The molecule has 1 amide bonds. The highest BCUT2D eigenvalue weighted by molar-refractivity contribution is 5.76. The Morgan fingerprint density at radius 1 is 0.952 bits per heavy atom. The number of ether oxygens (including phenoxy) is 1. The lowest BCUT2D eigenvalue weighted by molar-refractivity contribution is -0.121. The molecule has 21 heavy (non-hydrogen) atoms. The Morgan fingerprint density at radius 3 is 2.29 bits per heavy atom. The Labute approximate surface area is 126 Å². The van der Waals surface area contributed by atoms with Crippen LogP contribution in [0.4, 0.5) is 0 Å². The standard InChI is InChI=1S/C18H21NO2/c1-21-17-10-7-16(8-11-17)13-14-19-18(20)12-9-15-5-3-2-4-6-15/h2-8,10-11H,9,12-14H2,1H3,(H,19,20). The van der Waals surface area contributed by atoms with Gasteiger partial charge >= 0.3 is 0 Å². The number of methoxy groups -OCH3 is 1. The van der Waals surface area contributed by atoms with Crippen molar-refractivity contribution in [2.75, 3.05) is 13.7 Å². The Kier molecular flexibility index (Phi) is 5.83. The summed E-state index contributed by atoms with van der Waals surface area (Å²) < 4.78 is 5.12. The van der Waals surface area contributed by atoms with Crippen molar-refractivity contribution in [1.29, 1.82) is 0 Å². The lowest BCUT2D eigenvalue weighted by atomic mass is 10.1. The summed E-state index contributed by atoms with van der Waals surface area (Å²) in [7, 11) is 1.65. The van der Waals surface area contributed by atoms with Crippen LogP contribution in [0.15, 0.2) is 54.6 Å². The smallest absolute Gasteiger partial charge is 0.220 e. The van der Waals surface area contributed by atoms with Crippen molar-refractivity contribution in [3.8, 4) is 5.75 Å². The molecule has 0 atom stereocenters. The van der Waals surface area contributed by atoms with Gasteiger partial charge in [0.15, 0.2) is 0 Å². The molecular formula is C18H21NO2. The molecule has 0 aromatic heterocycles. The summed E-state index contributed by atoms with van der Waals surface area (Å²) in [6, 6.07) is 18.0. The first-order valence-electron chi connectivity index (χ1n) is 7.21. The van der Waals surface area contributed by atoms with Crippen LogP contribution in [0, 0.1) is 0 Å². The molecule has 0 bridgehead atoms. The van der Waals surface area contributed by atoms with E-state index >= 15 is 0 Å². The fraction of sp³-hybridized carbons (Fsp3) is 0.278. The van der Waals surface area contributed by atoms with Gasteiger partial charge in [-0.2, -0.15) is 0 Å². The molecule has 3 nitrogen and oxygen atoms in total. The van der Waals surface area contributed by atoms with Gasteiger partial charge < -0.3 is 10.1 Å². The van der Waals surface area contributed by atoms with Crippen LogP contribution in [0.25, 0.3) is 0 Å². The van der Waals surface area contributed by atoms with Crippen LogP contribution in [0.2, 0.25) is 0 Å². The van der Waals surface area contributed by atoms with E-state index in [0.29, 0.717) is 13.0 Å². The highest BCUT2D eigenvalue weighted by Crippen LogP contribution is 2.11. The molecule has 0 aliphatic carbocycles. The molecule has 0 aliphatic heterocycles. The highest BCUT2D eigenvalue weighted by Gasteiger charge is 2.02. The van der Waals surface area contributed by atoms with Crippen LogP contribution < -0.4 is 10.1 Å². The molecule has 0 spiro atoms. The number of amides is 1. The summed E-state index contributed by atoms with van der Waals surface area (Å²) in [4.78, 5) is 11.8. The van der Waals surface area contributed by atoms with Crippen LogP contribution in [-0.4, -0.2) is 19.6 Å². The van der Waals surface area contributed by atoms with E-state index in [1.807, 2.05) is 54.6 Å². The minimum Gasteiger partial charge on any atom is -0.497 e. The third-order valence-corrected chi connectivity index (χ3v) is 3.38. The van der Waals surface area contributed by atoms with Gasteiger partial charge in [0.25, 0.3) is 0 Å². The third kappa shape index (κ3) is 5.30. The van der Waals surface area contributed by atoms with Gasteiger partial charge in [-0.3, -0.25) is 4.79 Å².